The number of carbonyl (C=O) groups is 1. The Kier molecular flexibility index (Phi) is 2.12. The van der Waals surface area contributed by atoms with E-state index < -0.39 is 21.5 Å². The number of aliphatic hydroxyl groups is 1. The van der Waals surface area contributed by atoms with E-state index in [9.17, 15) is 18.3 Å². The van der Waals surface area contributed by atoms with Crippen molar-refractivity contribution < 1.29 is 18.3 Å². The number of nitrogens with one attached hydrogen (secondary N) is 1. The van der Waals surface area contributed by atoms with Crippen molar-refractivity contribution >= 4 is 15.7 Å². The molecule has 0 radical (unpaired) electrons. The van der Waals surface area contributed by atoms with E-state index in [2.05, 4.69) is 5.32 Å². The van der Waals surface area contributed by atoms with E-state index in [1.807, 2.05) is 0 Å². The largest absolute Gasteiger partial charge is 0.367 e. The van der Waals surface area contributed by atoms with Crippen LogP contribution in [-0.2, 0) is 15.6 Å². The van der Waals surface area contributed by atoms with Crippen molar-refractivity contribution in [2.24, 2.45) is 0 Å². The molecule has 1 aliphatic heterocycles. The van der Waals surface area contributed by atoms with Gasteiger partial charge < -0.3 is 10.4 Å². The van der Waals surface area contributed by atoms with Crippen molar-refractivity contribution in [2.45, 2.75) is 17.5 Å². The molecule has 1 unspecified atom stereocenters. The van der Waals surface area contributed by atoms with Crippen LogP contribution in [0.2, 0.25) is 0 Å². The van der Waals surface area contributed by atoms with E-state index in [0.717, 1.165) is 6.26 Å². The Labute approximate surface area is 93.0 Å². The Morgan fingerprint density at radius 1 is 1.38 bits per heavy atom. The number of amides is 1. The molecule has 0 aliphatic carbocycles. The fourth-order valence-corrected chi connectivity index (χ4v) is 2.89. The maximum absolute atomic E-state index is 11.5. The Balaban J connectivity index is 2.84. The third kappa shape index (κ3) is 1.50. The summed E-state index contributed by atoms with van der Waals surface area (Å²) >= 11 is 0. The summed E-state index contributed by atoms with van der Waals surface area (Å²) in [6.07, 6.45) is 1.04. The van der Waals surface area contributed by atoms with Crippen LogP contribution in [-0.4, -0.2) is 25.7 Å². The van der Waals surface area contributed by atoms with Gasteiger partial charge in [-0.2, -0.15) is 0 Å². The SMILES string of the molecule is CC1(O)NC(=O)c2cccc(S(C)(=O)=O)c21. The van der Waals surface area contributed by atoms with Crippen molar-refractivity contribution in [1.29, 1.82) is 0 Å². The van der Waals surface area contributed by atoms with Crippen LogP contribution in [0, 0.1) is 0 Å². The standard InChI is InChI=1S/C10H11NO4S/c1-10(13)8-6(9(12)11-10)4-3-5-7(8)16(2,14)15/h3-5,13H,1-2H3,(H,11,12). The molecule has 0 saturated carbocycles. The molecule has 1 heterocycles. The third-order valence-corrected chi connectivity index (χ3v) is 3.65. The van der Waals surface area contributed by atoms with E-state index in [0.29, 0.717) is 0 Å². The fourth-order valence-electron chi connectivity index (χ4n) is 1.88. The molecule has 1 aliphatic rings. The van der Waals surface area contributed by atoms with E-state index in [1.165, 1.54) is 25.1 Å². The van der Waals surface area contributed by atoms with Gasteiger partial charge in [-0.05, 0) is 19.1 Å². The number of benzene rings is 1. The average molecular weight is 241 g/mol. The van der Waals surface area contributed by atoms with E-state index in [4.69, 9.17) is 0 Å². The molecular weight excluding hydrogens is 230 g/mol. The van der Waals surface area contributed by atoms with Gasteiger partial charge in [0.05, 0.1) is 4.90 Å². The number of hydrogen-bond acceptors (Lipinski definition) is 4. The predicted octanol–water partition coefficient (Wildman–Crippen LogP) is -0.00150. The normalized spacial score (nSPS) is 24.1. The summed E-state index contributed by atoms with van der Waals surface area (Å²) in [5, 5.41) is 12.3. The lowest BCUT2D eigenvalue weighted by Crippen LogP contribution is -2.36. The summed E-state index contributed by atoms with van der Waals surface area (Å²) in [6.45, 7) is 1.35. The fraction of sp³-hybridized carbons (Fsp3) is 0.300. The van der Waals surface area contributed by atoms with E-state index >= 15 is 0 Å². The molecule has 5 nitrogen and oxygen atoms in total. The molecule has 6 heteroatoms. The van der Waals surface area contributed by atoms with Crippen LogP contribution in [0.25, 0.3) is 0 Å². The Morgan fingerprint density at radius 3 is 2.56 bits per heavy atom. The van der Waals surface area contributed by atoms with Gasteiger partial charge in [-0.25, -0.2) is 8.42 Å². The van der Waals surface area contributed by atoms with Crippen LogP contribution in [0.3, 0.4) is 0 Å². The summed E-state index contributed by atoms with van der Waals surface area (Å²) in [4.78, 5) is 11.5. The zero-order valence-electron chi connectivity index (χ0n) is 8.81. The summed E-state index contributed by atoms with van der Waals surface area (Å²) < 4.78 is 23.1. The van der Waals surface area contributed by atoms with Gasteiger partial charge in [-0.3, -0.25) is 4.79 Å². The van der Waals surface area contributed by atoms with E-state index in [-0.39, 0.29) is 16.0 Å². The molecule has 2 rings (SSSR count). The lowest BCUT2D eigenvalue weighted by molar-refractivity contribution is 0.0281. The van der Waals surface area contributed by atoms with Gasteiger partial charge in [0.25, 0.3) is 5.91 Å². The topological polar surface area (TPSA) is 83.5 Å². The van der Waals surface area contributed by atoms with Crippen molar-refractivity contribution in [3.8, 4) is 0 Å². The Hall–Kier alpha value is -1.40. The molecule has 1 amide bonds. The number of sulfone groups is 1. The molecule has 0 aromatic heterocycles. The quantitative estimate of drug-likeness (QED) is 0.725. The van der Waals surface area contributed by atoms with Crippen LogP contribution in [0.5, 0.6) is 0 Å². The molecule has 16 heavy (non-hydrogen) atoms. The maximum Gasteiger partial charge on any atom is 0.254 e. The minimum absolute atomic E-state index is 0.0200. The smallest absolute Gasteiger partial charge is 0.254 e. The first-order valence-electron chi connectivity index (χ1n) is 4.62. The summed E-state index contributed by atoms with van der Waals surface area (Å²) in [6, 6.07) is 4.35. The molecule has 1 aromatic rings. The second-order valence-corrected chi connectivity index (χ2v) is 5.96. The zero-order chi connectivity index (χ0) is 12.1. The van der Waals surface area contributed by atoms with Gasteiger partial charge in [0.15, 0.2) is 15.6 Å². The van der Waals surface area contributed by atoms with Gasteiger partial charge in [0.1, 0.15) is 0 Å². The van der Waals surface area contributed by atoms with Crippen molar-refractivity contribution in [1.82, 2.24) is 5.32 Å². The lowest BCUT2D eigenvalue weighted by Gasteiger charge is -2.19. The van der Waals surface area contributed by atoms with Crippen LogP contribution in [0.15, 0.2) is 23.1 Å². The Bertz CT molecular complexity index is 574. The molecular formula is C10H11NO4S. The second kappa shape index (κ2) is 3.05. The first kappa shape index (κ1) is 11.1. The molecule has 1 aromatic carbocycles. The van der Waals surface area contributed by atoms with Crippen LogP contribution in [0.4, 0.5) is 0 Å². The highest BCUT2D eigenvalue weighted by molar-refractivity contribution is 7.90. The summed E-state index contributed by atoms with van der Waals surface area (Å²) in [5.74, 6) is -0.467. The highest BCUT2D eigenvalue weighted by Gasteiger charge is 2.40. The molecule has 0 spiro atoms. The molecule has 0 fully saturated rings. The van der Waals surface area contributed by atoms with Gasteiger partial charge in [-0.15, -0.1) is 0 Å². The number of fused-ring (bicyclic) bond motifs is 1. The lowest BCUT2D eigenvalue weighted by atomic mass is 10.0. The molecule has 1 atom stereocenters. The minimum Gasteiger partial charge on any atom is -0.367 e. The molecule has 86 valence electrons. The molecule has 0 saturated heterocycles. The predicted molar refractivity (Wildman–Crippen MR) is 56.6 cm³/mol. The van der Waals surface area contributed by atoms with Gasteiger partial charge in [0, 0.05) is 17.4 Å². The summed E-state index contributed by atoms with van der Waals surface area (Å²) in [5.41, 5.74) is -1.30. The monoisotopic (exact) mass is 241 g/mol. The number of hydrogen-bond donors (Lipinski definition) is 2. The minimum atomic E-state index is -3.47. The summed E-state index contributed by atoms with van der Waals surface area (Å²) in [7, 11) is -3.47. The molecule has 2 N–H and O–H groups in total. The van der Waals surface area contributed by atoms with Crippen molar-refractivity contribution in [2.75, 3.05) is 6.26 Å². The Morgan fingerprint density at radius 2 is 2.00 bits per heavy atom. The second-order valence-electron chi connectivity index (χ2n) is 3.98. The van der Waals surface area contributed by atoms with Gasteiger partial charge in [-0.1, -0.05) is 6.07 Å². The average Bonchev–Trinajstić information content (AvgIpc) is 2.36. The van der Waals surface area contributed by atoms with Crippen molar-refractivity contribution in [3.05, 3.63) is 29.3 Å². The highest BCUT2D eigenvalue weighted by atomic mass is 32.2. The van der Waals surface area contributed by atoms with Crippen molar-refractivity contribution in [3.63, 3.8) is 0 Å². The van der Waals surface area contributed by atoms with Crippen LogP contribution in [0.1, 0.15) is 22.8 Å². The van der Waals surface area contributed by atoms with Gasteiger partial charge >= 0.3 is 0 Å². The van der Waals surface area contributed by atoms with E-state index in [1.54, 1.807) is 0 Å². The first-order valence-corrected chi connectivity index (χ1v) is 6.51. The molecule has 0 bridgehead atoms. The maximum atomic E-state index is 11.5. The first-order chi connectivity index (χ1) is 7.23. The highest BCUT2D eigenvalue weighted by Crippen LogP contribution is 2.33. The zero-order valence-corrected chi connectivity index (χ0v) is 9.63. The third-order valence-electron chi connectivity index (χ3n) is 2.51. The number of carbonyl (C=O) groups excluding carboxylic acids is 1. The van der Waals surface area contributed by atoms with Crippen LogP contribution < -0.4 is 5.32 Å². The van der Waals surface area contributed by atoms with Crippen LogP contribution >= 0.6 is 0 Å². The number of rotatable bonds is 1. The van der Waals surface area contributed by atoms with Gasteiger partial charge in [0.2, 0.25) is 0 Å².